The Bertz CT molecular complexity index is 922. The number of aliphatic hydroxyl groups is 1. The molecule has 1 atom stereocenters. The summed E-state index contributed by atoms with van der Waals surface area (Å²) in [6, 6.07) is 12.1. The van der Waals surface area contributed by atoms with Crippen LogP contribution in [0.5, 0.6) is 5.75 Å². The highest BCUT2D eigenvalue weighted by molar-refractivity contribution is 7.99. The molecule has 0 amide bonds. The molecule has 0 aliphatic carbocycles. The Morgan fingerprint density at radius 2 is 2.07 bits per heavy atom. The summed E-state index contributed by atoms with van der Waals surface area (Å²) in [4.78, 5) is 0. The number of thioether (sulfide) groups is 1. The number of aryl methyl sites for hydroxylation is 1. The largest absolute Gasteiger partial charge is 0.494 e. The zero-order valence-electron chi connectivity index (χ0n) is 15.6. The van der Waals surface area contributed by atoms with E-state index in [4.69, 9.17) is 9.47 Å². The molecule has 0 aliphatic heterocycles. The van der Waals surface area contributed by atoms with Gasteiger partial charge in [-0.2, -0.15) is 4.68 Å². The van der Waals surface area contributed by atoms with Crippen molar-refractivity contribution in [2.24, 2.45) is 0 Å². The van der Waals surface area contributed by atoms with Crippen LogP contribution in [0.3, 0.4) is 0 Å². The van der Waals surface area contributed by atoms with Gasteiger partial charge in [-0.25, -0.2) is 4.39 Å². The number of nitrogens with zero attached hydrogens (tertiary/aromatic N) is 4. The number of benzene rings is 2. The number of hydrogen-bond acceptors (Lipinski definition) is 7. The van der Waals surface area contributed by atoms with Gasteiger partial charge in [-0.3, -0.25) is 0 Å². The van der Waals surface area contributed by atoms with E-state index >= 15 is 0 Å². The number of aromatic nitrogens is 4. The van der Waals surface area contributed by atoms with Crippen molar-refractivity contribution < 1.29 is 19.0 Å². The van der Waals surface area contributed by atoms with Crippen LogP contribution in [0.15, 0.2) is 47.6 Å². The van der Waals surface area contributed by atoms with E-state index in [2.05, 4.69) is 15.5 Å². The molecule has 28 heavy (non-hydrogen) atoms. The van der Waals surface area contributed by atoms with Crippen LogP contribution < -0.4 is 4.74 Å². The fourth-order valence-corrected chi connectivity index (χ4v) is 3.31. The van der Waals surface area contributed by atoms with Crippen molar-refractivity contribution in [2.45, 2.75) is 24.8 Å². The maximum atomic E-state index is 13.6. The summed E-state index contributed by atoms with van der Waals surface area (Å²) in [5.74, 6) is 0.650. The lowest BCUT2D eigenvalue weighted by molar-refractivity contribution is 0.0386. The van der Waals surface area contributed by atoms with Gasteiger partial charge in [0.1, 0.15) is 17.3 Å². The molecule has 0 saturated heterocycles. The third-order valence-electron chi connectivity index (χ3n) is 3.93. The molecule has 1 heterocycles. The molecule has 2 aromatic carbocycles. The molecule has 0 radical (unpaired) electrons. The van der Waals surface area contributed by atoms with Crippen LogP contribution in [-0.4, -0.2) is 50.9 Å². The van der Waals surface area contributed by atoms with Gasteiger partial charge in [0.15, 0.2) is 0 Å². The summed E-state index contributed by atoms with van der Waals surface area (Å²) < 4.78 is 25.9. The van der Waals surface area contributed by atoms with Gasteiger partial charge in [0, 0.05) is 11.3 Å². The molecule has 1 N–H and O–H groups in total. The Morgan fingerprint density at radius 1 is 1.25 bits per heavy atom. The van der Waals surface area contributed by atoms with Gasteiger partial charge in [-0.05, 0) is 41.1 Å². The number of methoxy groups -OCH3 is 1. The maximum absolute atomic E-state index is 13.6. The highest BCUT2D eigenvalue weighted by Crippen LogP contribution is 2.27. The van der Waals surface area contributed by atoms with Crippen LogP contribution in [0.4, 0.5) is 4.39 Å². The van der Waals surface area contributed by atoms with Crippen molar-refractivity contribution >= 4 is 11.8 Å². The fraction of sp³-hybridized carbons (Fsp3) is 0.316. The van der Waals surface area contributed by atoms with Crippen molar-refractivity contribution in [2.75, 3.05) is 19.5 Å². The maximum Gasteiger partial charge on any atom is 0.214 e. The third-order valence-corrected chi connectivity index (χ3v) is 5.00. The van der Waals surface area contributed by atoms with Crippen LogP contribution in [-0.2, 0) is 11.3 Å². The molecule has 3 aromatic rings. The first-order valence-corrected chi connectivity index (χ1v) is 9.62. The Hall–Kier alpha value is -2.49. The molecule has 1 aromatic heterocycles. The molecule has 7 nitrogen and oxygen atoms in total. The van der Waals surface area contributed by atoms with Crippen molar-refractivity contribution in [3.8, 4) is 11.4 Å². The molecule has 148 valence electrons. The van der Waals surface area contributed by atoms with Crippen molar-refractivity contribution in [3.63, 3.8) is 0 Å². The van der Waals surface area contributed by atoms with Crippen LogP contribution in [0.1, 0.15) is 11.1 Å². The summed E-state index contributed by atoms with van der Waals surface area (Å²) in [6.07, 6.45) is -0.749. The van der Waals surface area contributed by atoms with Crippen LogP contribution in [0, 0.1) is 12.7 Å². The highest BCUT2D eigenvalue weighted by atomic mass is 32.2. The molecule has 0 fully saturated rings. The Kier molecular flexibility index (Phi) is 6.96. The van der Waals surface area contributed by atoms with Crippen LogP contribution >= 0.6 is 11.8 Å². The average Bonchev–Trinajstić information content (AvgIpc) is 3.16. The zero-order chi connectivity index (χ0) is 19.9. The second-order valence-electron chi connectivity index (χ2n) is 6.12. The Morgan fingerprint density at radius 3 is 2.86 bits per heavy atom. The van der Waals surface area contributed by atoms with E-state index in [-0.39, 0.29) is 19.0 Å². The first kappa shape index (κ1) is 20.2. The smallest absolute Gasteiger partial charge is 0.214 e. The number of rotatable bonds is 9. The molecule has 0 bridgehead atoms. The zero-order valence-corrected chi connectivity index (χ0v) is 16.4. The number of hydrogen-bond donors (Lipinski definition) is 1. The van der Waals surface area contributed by atoms with Crippen molar-refractivity contribution in [1.29, 1.82) is 0 Å². The Labute approximate surface area is 166 Å². The SMILES string of the molecule is COc1ccc(C)cc1-n1nnnc1SC[C@@H](O)COCc1ccccc1F. The second kappa shape index (κ2) is 9.63. The number of aliphatic hydroxyl groups excluding tert-OH is 1. The van der Waals surface area contributed by atoms with E-state index < -0.39 is 6.10 Å². The predicted molar refractivity (Wildman–Crippen MR) is 103 cm³/mol. The third kappa shape index (κ3) is 5.06. The van der Waals surface area contributed by atoms with Crippen LogP contribution in [0.2, 0.25) is 0 Å². The minimum Gasteiger partial charge on any atom is -0.494 e. The summed E-state index contributed by atoms with van der Waals surface area (Å²) in [6.45, 7) is 2.15. The standard InChI is InChI=1S/C19H21FN4O3S/c1-13-7-8-18(26-2)17(9-13)24-19(21-22-23-24)28-12-15(25)11-27-10-14-5-3-4-6-16(14)20/h3-9,15,25H,10-12H2,1-2H3/t15-/m0/s1. The molecular weight excluding hydrogens is 383 g/mol. The van der Waals surface area contributed by atoms with E-state index in [1.165, 1.54) is 17.8 Å². The molecule has 0 spiro atoms. The van der Waals surface area contributed by atoms with E-state index in [9.17, 15) is 9.50 Å². The quantitative estimate of drug-likeness (QED) is 0.549. The summed E-state index contributed by atoms with van der Waals surface area (Å²) in [7, 11) is 1.59. The first-order valence-electron chi connectivity index (χ1n) is 8.64. The minimum absolute atomic E-state index is 0.0800. The predicted octanol–water partition coefficient (Wildman–Crippen LogP) is 2.79. The van der Waals surface area contributed by atoms with Gasteiger partial charge in [0.2, 0.25) is 5.16 Å². The summed E-state index contributed by atoms with van der Waals surface area (Å²) >= 11 is 1.30. The highest BCUT2D eigenvalue weighted by Gasteiger charge is 2.16. The van der Waals surface area contributed by atoms with E-state index in [1.807, 2.05) is 25.1 Å². The second-order valence-corrected chi connectivity index (χ2v) is 7.11. The molecule has 0 saturated carbocycles. The first-order chi connectivity index (χ1) is 13.6. The van der Waals surface area contributed by atoms with E-state index in [0.717, 1.165) is 11.3 Å². The molecule has 9 heteroatoms. The van der Waals surface area contributed by atoms with Gasteiger partial charge in [0.05, 0.1) is 26.4 Å². The lowest BCUT2D eigenvalue weighted by Gasteiger charge is -2.12. The normalized spacial score (nSPS) is 12.1. The molecule has 3 rings (SSSR count). The lowest BCUT2D eigenvalue weighted by Crippen LogP contribution is -2.18. The summed E-state index contributed by atoms with van der Waals surface area (Å²) in [5, 5.41) is 22.5. The van der Waals surface area contributed by atoms with Crippen molar-refractivity contribution in [1.82, 2.24) is 20.2 Å². The van der Waals surface area contributed by atoms with Gasteiger partial charge >= 0.3 is 0 Å². The van der Waals surface area contributed by atoms with Crippen LogP contribution in [0.25, 0.3) is 5.69 Å². The molecule has 0 aliphatic rings. The number of ether oxygens (including phenoxy) is 2. The topological polar surface area (TPSA) is 82.3 Å². The molecule has 0 unspecified atom stereocenters. The number of halogens is 1. The van der Waals surface area contributed by atoms with Crippen molar-refractivity contribution in [3.05, 3.63) is 59.4 Å². The summed E-state index contributed by atoms with van der Waals surface area (Å²) in [5.41, 5.74) is 2.22. The fourth-order valence-electron chi connectivity index (χ4n) is 2.52. The van der Waals surface area contributed by atoms with Gasteiger partial charge in [-0.15, -0.1) is 5.10 Å². The van der Waals surface area contributed by atoms with E-state index in [1.54, 1.807) is 30.0 Å². The van der Waals surface area contributed by atoms with Gasteiger partial charge < -0.3 is 14.6 Å². The monoisotopic (exact) mass is 404 g/mol. The van der Waals surface area contributed by atoms with E-state index in [0.29, 0.717) is 22.2 Å². The average molecular weight is 404 g/mol. The minimum atomic E-state index is -0.749. The Balaban J connectivity index is 1.56. The lowest BCUT2D eigenvalue weighted by atomic mass is 10.2. The molecular formula is C19H21FN4O3S. The van der Waals surface area contributed by atoms with Gasteiger partial charge in [0.25, 0.3) is 0 Å². The number of tetrazole rings is 1. The van der Waals surface area contributed by atoms with Gasteiger partial charge in [-0.1, -0.05) is 36.0 Å².